The number of hydrogen-bond donors (Lipinski definition) is 3. The largest absolute Gasteiger partial charge is 0.504 e. The maximum Gasteiger partial charge on any atom is 0.294 e. The lowest BCUT2D eigenvalue weighted by atomic mass is 10.3. The second-order valence-electron chi connectivity index (χ2n) is 5.58. The summed E-state index contributed by atoms with van der Waals surface area (Å²) in [5.41, 5.74) is 4.83. The topological polar surface area (TPSA) is 115 Å². The van der Waals surface area contributed by atoms with Crippen LogP contribution in [0.25, 0.3) is 5.69 Å². The lowest BCUT2D eigenvalue weighted by Crippen LogP contribution is -2.44. The van der Waals surface area contributed by atoms with E-state index in [0.717, 1.165) is 0 Å². The Labute approximate surface area is 160 Å². The average Bonchev–Trinajstić information content (AvgIpc) is 3.13. The predicted octanol–water partition coefficient (Wildman–Crippen LogP) is 1.43. The van der Waals surface area contributed by atoms with Gasteiger partial charge < -0.3 is 14.6 Å². The molecular formula is C19H18N4O5. The van der Waals surface area contributed by atoms with Gasteiger partial charge in [-0.05, 0) is 24.3 Å². The number of amides is 2. The van der Waals surface area contributed by atoms with E-state index in [2.05, 4.69) is 16.0 Å². The molecule has 9 heteroatoms. The molecule has 0 spiro atoms. The van der Waals surface area contributed by atoms with Crippen LogP contribution in [0.2, 0.25) is 0 Å². The first-order valence-corrected chi connectivity index (χ1v) is 8.27. The Morgan fingerprint density at radius 2 is 1.71 bits per heavy atom. The number of carbonyl (C=O) groups is 2. The highest BCUT2D eigenvalue weighted by molar-refractivity contribution is 5.96. The summed E-state index contributed by atoms with van der Waals surface area (Å²) in [5.74, 6) is -0.804. The lowest BCUT2D eigenvalue weighted by molar-refractivity contribution is -0.123. The molecule has 3 aromatic rings. The third-order valence-electron chi connectivity index (χ3n) is 3.67. The zero-order chi connectivity index (χ0) is 19.9. The van der Waals surface area contributed by atoms with Gasteiger partial charge in [0.05, 0.1) is 19.0 Å². The first kappa shape index (κ1) is 18.8. The Kier molecular flexibility index (Phi) is 5.75. The van der Waals surface area contributed by atoms with Crippen molar-refractivity contribution in [3.8, 4) is 22.9 Å². The number of para-hydroxylation sites is 3. The lowest BCUT2D eigenvalue weighted by Gasteiger charge is -2.10. The van der Waals surface area contributed by atoms with E-state index in [9.17, 15) is 14.7 Å². The number of benzene rings is 2. The molecule has 2 aromatic carbocycles. The van der Waals surface area contributed by atoms with Gasteiger partial charge in [0.25, 0.3) is 11.8 Å². The zero-order valence-electron chi connectivity index (χ0n) is 15.0. The summed E-state index contributed by atoms with van der Waals surface area (Å²) >= 11 is 0. The number of hydrogen-bond acceptors (Lipinski definition) is 6. The SMILES string of the molecule is COc1ccccc1OCC(=O)NNC(=O)c1nn(-c2ccccc2)cc1O. The van der Waals surface area contributed by atoms with E-state index in [-0.39, 0.29) is 18.1 Å². The summed E-state index contributed by atoms with van der Waals surface area (Å²) in [6, 6.07) is 15.8. The van der Waals surface area contributed by atoms with E-state index in [1.807, 2.05) is 6.07 Å². The van der Waals surface area contributed by atoms with Crippen molar-refractivity contribution in [2.75, 3.05) is 13.7 Å². The molecule has 3 rings (SSSR count). The van der Waals surface area contributed by atoms with E-state index in [1.54, 1.807) is 48.5 Å². The van der Waals surface area contributed by atoms with Crippen LogP contribution in [0.1, 0.15) is 10.5 Å². The molecule has 0 saturated carbocycles. The summed E-state index contributed by atoms with van der Waals surface area (Å²) in [5, 5.41) is 14.0. The van der Waals surface area contributed by atoms with Gasteiger partial charge in [0.15, 0.2) is 29.5 Å². The van der Waals surface area contributed by atoms with E-state index in [1.165, 1.54) is 18.0 Å². The van der Waals surface area contributed by atoms with Crippen molar-refractivity contribution in [1.29, 1.82) is 0 Å². The van der Waals surface area contributed by atoms with Crippen LogP contribution in [0.5, 0.6) is 17.2 Å². The molecule has 0 fully saturated rings. The van der Waals surface area contributed by atoms with E-state index >= 15 is 0 Å². The fourth-order valence-electron chi connectivity index (χ4n) is 2.34. The van der Waals surface area contributed by atoms with Gasteiger partial charge in [-0.15, -0.1) is 0 Å². The van der Waals surface area contributed by atoms with Crippen molar-refractivity contribution < 1.29 is 24.2 Å². The number of ether oxygens (including phenoxy) is 2. The van der Waals surface area contributed by atoms with Gasteiger partial charge in [-0.3, -0.25) is 20.4 Å². The van der Waals surface area contributed by atoms with Gasteiger partial charge in [-0.1, -0.05) is 30.3 Å². The van der Waals surface area contributed by atoms with Gasteiger partial charge in [-0.25, -0.2) is 4.68 Å². The minimum Gasteiger partial charge on any atom is -0.504 e. The number of hydrazine groups is 1. The maximum absolute atomic E-state index is 12.2. The number of aromatic hydroxyl groups is 1. The first-order valence-electron chi connectivity index (χ1n) is 8.27. The van der Waals surface area contributed by atoms with Gasteiger partial charge in [0.1, 0.15) is 0 Å². The van der Waals surface area contributed by atoms with Crippen molar-refractivity contribution in [3.05, 3.63) is 66.5 Å². The summed E-state index contributed by atoms with van der Waals surface area (Å²) in [4.78, 5) is 24.1. The summed E-state index contributed by atoms with van der Waals surface area (Å²) in [7, 11) is 1.49. The van der Waals surface area contributed by atoms with E-state index < -0.39 is 11.8 Å². The Hall–Kier alpha value is -4.01. The van der Waals surface area contributed by atoms with E-state index in [0.29, 0.717) is 17.2 Å². The molecule has 0 aliphatic rings. The van der Waals surface area contributed by atoms with Crippen LogP contribution in [-0.2, 0) is 4.79 Å². The number of aromatic nitrogens is 2. The highest BCUT2D eigenvalue weighted by Gasteiger charge is 2.18. The van der Waals surface area contributed by atoms with Crippen LogP contribution in [-0.4, -0.2) is 40.4 Å². The standard InChI is InChI=1S/C19H18N4O5/c1-27-15-9-5-6-10-16(15)28-12-17(25)20-21-19(26)18-14(24)11-23(22-18)13-7-3-2-4-8-13/h2-11,24H,12H2,1H3,(H,20,25)(H,21,26). The quantitative estimate of drug-likeness (QED) is 0.556. The molecule has 0 aliphatic carbocycles. The highest BCUT2D eigenvalue weighted by atomic mass is 16.5. The second kappa shape index (κ2) is 8.58. The third kappa shape index (κ3) is 4.39. The number of carbonyl (C=O) groups excluding carboxylic acids is 2. The molecule has 0 bridgehead atoms. The molecule has 0 unspecified atom stereocenters. The van der Waals surface area contributed by atoms with Gasteiger partial charge in [0, 0.05) is 0 Å². The molecule has 1 heterocycles. The highest BCUT2D eigenvalue weighted by Crippen LogP contribution is 2.25. The number of nitrogens with zero attached hydrogens (tertiary/aromatic N) is 2. The van der Waals surface area contributed by atoms with Crippen molar-refractivity contribution in [2.45, 2.75) is 0 Å². The molecule has 9 nitrogen and oxygen atoms in total. The molecular weight excluding hydrogens is 364 g/mol. The van der Waals surface area contributed by atoms with Crippen molar-refractivity contribution >= 4 is 11.8 Å². The molecule has 28 heavy (non-hydrogen) atoms. The van der Waals surface area contributed by atoms with Crippen molar-refractivity contribution in [2.24, 2.45) is 0 Å². The van der Waals surface area contributed by atoms with Crippen molar-refractivity contribution in [1.82, 2.24) is 20.6 Å². The monoisotopic (exact) mass is 382 g/mol. The Balaban J connectivity index is 1.55. The predicted molar refractivity (Wildman–Crippen MR) is 99.3 cm³/mol. The second-order valence-corrected chi connectivity index (χ2v) is 5.58. The van der Waals surface area contributed by atoms with Gasteiger partial charge in [-0.2, -0.15) is 5.10 Å². The van der Waals surface area contributed by atoms with Gasteiger partial charge in [0.2, 0.25) is 0 Å². The molecule has 0 atom stereocenters. The summed E-state index contributed by atoms with van der Waals surface area (Å²) in [6.45, 7) is -0.342. The van der Waals surface area contributed by atoms with Crippen LogP contribution in [0.3, 0.4) is 0 Å². The normalized spacial score (nSPS) is 10.2. The molecule has 1 aromatic heterocycles. The average molecular weight is 382 g/mol. The first-order chi connectivity index (χ1) is 13.6. The Morgan fingerprint density at radius 1 is 1.04 bits per heavy atom. The number of rotatable bonds is 6. The Bertz CT molecular complexity index is 971. The minimum atomic E-state index is -0.766. The molecule has 144 valence electrons. The zero-order valence-corrected chi connectivity index (χ0v) is 15.0. The fraction of sp³-hybridized carbons (Fsp3) is 0.105. The third-order valence-corrected chi connectivity index (χ3v) is 3.67. The molecule has 2 amide bonds. The molecule has 3 N–H and O–H groups in total. The van der Waals surface area contributed by atoms with E-state index in [4.69, 9.17) is 9.47 Å². The number of methoxy groups -OCH3 is 1. The van der Waals surface area contributed by atoms with Crippen LogP contribution in [0.15, 0.2) is 60.8 Å². The summed E-state index contributed by atoms with van der Waals surface area (Å²) in [6.07, 6.45) is 1.30. The maximum atomic E-state index is 12.2. The number of nitrogens with one attached hydrogen (secondary N) is 2. The molecule has 0 aliphatic heterocycles. The van der Waals surface area contributed by atoms with Crippen LogP contribution in [0, 0.1) is 0 Å². The van der Waals surface area contributed by atoms with Crippen LogP contribution >= 0.6 is 0 Å². The Morgan fingerprint density at radius 3 is 2.43 bits per heavy atom. The van der Waals surface area contributed by atoms with Crippen LogP contribution < -0.4 is 20.3 Å². The van der Waals surface area contributed by atoms with Gasteiger partial charge >= 0.3 is 0 Å². The summed E-state index contributed by atoms with van der Waals surface area (Å²) < 4.78 is 11.8. The molecule has 0 radical (unpaired) electrons. The molecule has 0 saturated heterocycles. The van der Waals surface area contributed by atoms with Crippen molar-refractivity contribution in [3.63, 3.8) is 0 Å². The smallest absolute Gasteiger partial charge is 0.294 e. The van der Waals surface area contributed by atoms with Crippen LogP contribution in [0.4, 0.5) is 0 Å². The minimum absolute atomic E-state index is 0.227. The fourth-order valence-corrected chi connectivity index (χ4v) is 2.34.